The minimum Gasteiger partial charge on any atom is -0.493 e. The number of carbonyl (C=O) groups is 1. The summed E-state index contributed by atoms with van der Waals surface area (Å²) in [7, 11) is 3.21. The highest BCUT2D eigenvalue weighted by atomic mass is 16.5. The lowest BCUT2D eigenvalue weighted by Crippen LogP contribution is -2.34. The van der Waals surface area contributed by atoms with E-state index in [1.807, 2.05) is 37.3 Å². The van der Waals surface area contributed by atoms with Crippen LogP contribution in [0.3, 0.4) is 0 Å². The van der Waals surface area contributed by atoms with E-state index < -0.39 is 0 Å². The van der Waals surface area contributed by atoms with Crippen LogP contribution in [-0.4, -0.2) is 26.2 Å². The predicted molar refractivity (Wildman–Crippen MR) is 104 cm³/mol. The van der Waals surface area contributed by atoms with Crippen LogP contribution in [0, 0.1) is 6.92 Å². The zero-order chi connectivity index (χ0) is 19.1. The molecule has 0 aliphatic carbocycles. The van der Waals surface area contributed by atoms with Crippen LogP contribution in [-0.2, 0) is 11.2 Å². The third-order valence-electron chi connectivity index (χ3n) is 4.34. The van der Waals surface area contributed by atoms with Crippen molar-refractivity contribution in [2.45, 2.75) is 38.8 Å². The highest BCUT2D eigenvalue weighted by Crippen LogP contribution is 2.31. The van der Waals surface area contributed by atoms with Crippen molar-refractivity contribution in [3.8, 4) is 11.5 Å². The quantitative estimate of drug-likeness (QED) is 0.762. The van der Waals surface area contributed by atoms with Crippen molar-refractivity contribution in [1.29, 1.82) is 0 Å². The predicted octanol–water partition coefficient (Wildman–Crippen LogP) is 3.15. The smallest absolute Gasteiger partial charge is 0.222 e. The normalized spacial score (nSPS) is 13.0. The van der Waals surface area contributed by atoms with Gasteiger partial charge in [-0.1, -0.05) is 30.3 Å². The Hall–Kier alpha value is -2.53. The van der Waals surface area contributed by atoms with Crippen molar-refractivity contribution in [3.63, 3.8) is 0 Å². The molecule has 2 aromatic carbocycles. The van der Waals surface area contributed by atoms with Gasteiger partial charge in [-0.05, 0) is 49.1 Å². The lowest BCUT2D eigenvalue weighted by Gasteiger charge is -2.22. The molecule has 0 aliphatic heterocycles. The summed E-state index contributed by atoms with van der Waals surface area (Å²) >= 11 is 0. The maximum atomic E-state index is 12.3. The third kappa shape index (κ3) is 5.23. The number of rotatable bonds is 8. The van der Waals surface area contributed by atoms with Crippen LogP contribution in [0.4, 0.5) is 0 Å². The molecule has 0 heterocycles. The molecule has 0 saturated heterocycles. The van der Waals surface area contributed by atoms with Crippen LogP contribution >= 0.6 is 0 Å². The largest absolute Gasteiger partial charge is 0.493 e. The van der Waals surface area contributed by atoms with Crippen LogP contribution in [0.2, 0.25) is 0 Å². The number of nitrogens with one attached hydrogen (secondary N) is 1. The standard InChI is InChI=1S/C21H28N2O3/c1-14-7-5-6-8-16(14)12-18(23-21(24)11-15(2)22)17-9-10-19(25-3)20(13-17)26-4/h5-10,13,15,18H,11-12,22H2,1-4H3,(H,23,24). The average Bonchev–Trinajstić information content (AvgIpc) is 2.61. The molecule has 3 N–H and O–H groups in total. The first kappa shape index (κ1) is 19.8. The van der Waals surface area contributed by atoms with E-state index >= 15 is 0 Å². The summed E-state index contributed by atoms with van der Waals surface area (Å²) in [6.45, 7) is 3.90. The van der Waals surface area contributed by atoms with E-state index in [2.05, 4.69) is 24.4 Å². The van der Waals surface area contributed by atoms with Gasteiger partial charge in [-0.25, -0.2) is 0 Å². The van der Waals surface area contributed by atoms with Crippen LogP contribution in [0.15, 0.2) is 42.5 Å². The molecule has 5 heteroatoms. The van der Waals surface area contributed by atoms with E-state index in [9.17, 15) is 4.79 Å². The fraction of sp³-hybridized carbons (Fsp3) is 0.381. The Kier molecular flexibility index (Phi) is 7.04. The molecule has 2 unspecified atom stereocenters. The SMILES string of the molecule is COc1ccc(C(Cc2ccccc2C)NC(=O)CC(C)N)cc1OC. The fourth-order valence-electron chi connectivity index (χ4n) is 2.93. The van der Waals surface area contributed by atoms with Gasteiger partial charge in [0.25, 0.3) is 0 Å². The molecular formula is C21H28N2O3. The average molecular weight is 356 g/mol. The lowest BCUT2D eigenvalue weighted by molar-refractivity contribution is -0.122. The van der Waals surface area contributed by atoms with Crippen LogP contribution in [0.1, 0.15) is 36.1 Å². The maximum absolute atomic E-state index is 12.3. The molecule has 2 atom stereocenters. The Morgan fingerprint density at radius 1 is 1.12 bits per heavy atom. The zero-order valence-electron chi connectivity index (χ0n) is 15.9. The summed E-state index contributed by atoms with van der Waals surface area (Å²) < 4.78 is 10.7. The summed E-state index contributed by atoms with van der Waals surface area (Å²) in [6.07, 6.45) is 0.977. The Balaban J connectivity index is 2.33. The summed E-state index contributed by atoms with van der Waals surface area (Å²) in [5.74, 6) is 1.24. The molecule has 0 spiro atoms. The molecule has 5 nitrogen and oxygen atoms in total. The molecular weight excluding hydrogens is 328 g/mol. The molecule has 0 fully saturated rings. The van der Waals surface area contributed by atoms with Gasteiger partial charge in [-0.15, -0.1) is 0 Å². The number of amides is 1. The molecule has 2 aromatic rings. The van der Waals surface area contributed by atoms with Gasteiger partial charge in [0.2, 0.25) is 5.91 Å². The van der Waals surface area contributed by atoms with Crippen molar-refractivity contribution in [1.82, 2.24) is 5.32 Å². The van der Waals surface area contributed by atoms with Gasteiger partial charge in [0.1, 0.15) is 0 Å². The Labute approximate surface area is 155 Å². The van der Waals surface area contributed by atoms with Gasteiger partial charge < -0.3 is 20.5 Å². The highest BCUT2D eigenvalue weighted by Gasteiger charge is 2.19. The number of benzene rings is 2. The van der Waals surface area contributed by atoms with Crippen molar-refractivity contribution < 1.29 is 14.3 Å². The first-order valence-corrected chi connectivity index (χ1v) is 8.76. The molecule has 0 aliphatic rings. The van der Waals surface area contributed by atoms with E-state index in [4.69, 9.17) is 15.2 Å². The number of aryl methyl sites for hydroxylation is 1. The Morgan fingerprint density at radius 3 is 2.42 bits per heavy atom. The number of carbonyl (C=O) groups excluding carboxylic acids is 1. The van der Waals surface area contributed by atoms with Gasteiger partial charge in [-0.2, -0.15) is 0 Å². The second kappa shape index (κ2) is 9.25. The third-order valence-corrected chi connectivity index (χ3v) is 4.34. The number of nitrogens with two attached hydrogens (primary N) is 1. The molecule has 26 heavy (non-hydrogen) atoms. The number of hydrogen-bond donors (Lipinski definition) is 2. The van der Waals surface area contributed by atoms with Gasteiger partial charge in [0.15, 0.2) is 11.5 Å². The fourth-order valence-corrected chi connectivity index (χ4v) is 2.93. The van der Waals surface area contributed by atoms with E-state index in [-0.39, 0.29) is 24.4 Å². The molecule has 140 valence electrons. The minimum atomic E-state index is -0.181. The van der Waals surface area contributed by atoms with Crippen molar-refractivity contribution >= 4 is 5.91 Å². The van der Waals surface area contributed by atoms with Crippen LogP contribution < -0.4 is 20.5 Å². The Bertz CT molecular complexity index is 744. The van der Waals surface area contributed by atoms with Gasteiger partial charge in [0.05, 0.1) is 20.3 Å². The topological polar surface area (TPSA) is 73.6 Å². The molecule has 0 bridgehead atoms. The van der Waals surface area contributed by atoms with Crippen molar-refractivity contribution in [3.05, 3.63) is 59.2 Å². The summed E-state index contributed by atoms with van der Waals surface area (Å²) in [5.41, 5.74) is 9.11. The highest BCUT2D eigenvalue weighted by molar-refractivity contribution is 5.77. The van der Waals surface area contributed by atoms with E-state index in [1.54, 1.807) is 14.2 Å². The van der Waals surface area contributed by atoms with Gasteiger partial charge in [-0.3, -0.25) is 4.79 Å². The zero-order valence-corrected chi connectivity index (χ0v) is 15.9. The van der Waals surface area contributed by atoms with Crippen LogP contribution in [0.25, 0.3) is 0 Å². The maximum Gasteiger partial charge on any atom is 0.222 e. The van der Waals surface area contributed by atoms with E-state index in [1.165, 1.54) is 11.1 Å². The van der Waals surface area contributed by atoms with Crippen molar-refractivity contribution in [2.24, 2.45) is 5.73 Å². The number of hydrogen-bond acceptors (Lipinski definition) is 4. The van der Waals surface area contributed by atoms with Crippen LogP contribution in [0.5, 0.6) is 11.5 Å². The summed E-state index contributed by atoms with van der Waals surface area (Å²) in [4.78, 5) is 12.3. The second-order valence-corrected chi connectivity index (χ2v) is 6.55. The first-order chi connectivity index (χ1) is 12.4. The minimum absolute atomic E-state index is 0.0617. The Morgan fingerprint density at radius 2 is 1.81 bits per heavy atom. The molecule has 0 saturated carbocycles. The lowest BCUT2D eigenvalue weighted by atomic mass is 9.95. The summed E-state index contributed by atoms with van der Waals surface area (Å²) in [5, 5.41) is 3.11. The van der Waals surface area contributed by atoms with Gasteiger partial charge in [0, 0.05) is 12.5 Å². The first-order valence-electron chi connectivity index (χ1n) is 8.76. The molecule has 0 aromatic heterocycles. The second-order valence-electron chi connectivity index (χ2n) is 6.55. The molecule has 2 rings (SSSR count). The number of ether oxygens (including phenoxy) is 2. The molecule has 0 radical (unpaired) electrons. The van der Waals surface area contributed by atoms with Crippen molar-refractivity contribution in [2.75, 3.05) is 14.2 Å². The van der Waals surface area contributed by atoms with Gasteiger partial charge >= 0.3 is 0 Å². The monoisotopic (exact) mass is 356 g/mol. The number of methoxy groups -OCH3 is 2. The van der Waals surface area contributed by atoms with E-state index in [0.29, 0.717) is 17.9 Å². The molecule has 1 amide bonds. The summed E-state index contributed by atoms with van der Waals surface area (Å²) in [6, 6.07) is 13.5. The van der Waals surface area contributed by atoms with E-state index in [0.717, 1.165) is 5.56 Å².